The molecule has 1 atom stereocenters. The van der Waals surface area contributed by atoms with E-state index < -0.39 is 0 Å². The third kappa shape index (κ3) is 4.99. The van der Waals surface area contributed by atoms with Gasteiger partial charge in [-0.25, -0.2) is 0 Å². The molecule has 0 amide bonds. The van der Waals surface area contributed by atoms with Crippen LogP contribution in [0.4, 0.5) is 5.69 Å². The molecule has 0 bridgehead atoms. The van der Waals surface area contributed by atoms with E-state index in [2.05, 4.69) is 42.2 Å². The van der Waals surface area contributed by atoms with Gasteiger partial charge in [0.05, 0.1) is 7.11 Å². The van der Waals surface area contributed by atoms with Crippen molar-refractivity contribution in [1.29, 1.82) is 0 Å². The van der Waals surface area contributed by atoms with E-state index in [1.54, 1.807) is 7.11 Å². The summed E-state index contributed by atoms with van der Waals surface area (Å²) in [5.74, 6) is 1.34. The van der Waals surface area contributed by atoms with Crippen molar-refractivity contribution in [3.8, 4) is 5.75 Å². The maximum atomic E-state index is 5.16. The van der Waals surface area contributed by atoms with E-state index in [9.17, 15) is 0 Å². The van der Waals surface area contributed by atoms with Gasteiger partial charge in [0.25, 0.3) is 0 Å². The van der Waals surface area contributed by atoms with Crippen LogP contribution < -0.4 is 10.1 Å². The molecule has 1 unspecified atom stereocenters. The minimum atomic E-state index is 0.465. The van der Waals surface area contributed by atoms with E-state index in [0.717, 1.165) is 30.8 Å². The van der Waals surface area contributed by atoms with Crippen LogP contribution in [0.25, 0.3) is 0 Å². The second kappa shape index (κ2) is 8.15. The first kappa shape index (κ1) is 15.2. The van der Waals surface area contributed by atoms with E-state index >= 15 is 0 Å². The van der Waals surface area contributed by atoms with Gasteiger partial charge >= 0.3 is 0 Å². The number of rotatable bonds is 8. The number of benzene rings is 2. The average molecular weight is 281 g/mol. The Morgan fingerprint density at radius 3 is 2.43 bits per heavy atom. The topological polar surface area (TPSA) is 21.3 Å². The number of ether oxygens (including phenoxy) is 1. The predicted molar refractivity (Wildman–Crippen MR) is 89.9 cm³/mol. The normalized spacial score (nSPS) is 11.7. The molecule has 0 saturated carbocycles. The zero-order chi connectivity index (χ0) is 14.9. The predicted octanol–water partition coefficient (Wildman–Crippen LogP) is 4.54. The van der Waals surface area contributed by atoms with Crippen molar-refractivity contribution < 1.29 is 4.74 Å². The molecule has 0 aromatic heterocycles. The lowest BCUT2D eigenvalue weighted by Gasteiger charge is -2.15. The number of aryl methyl sites for hydroxylation is 1. The molecule has 2 nitrogen and oxygen atoms in total. The Kier molecular flexibility index (Phi) is 5.89. The fourth-order valence-corrected chi connectivity index (χ4v) is 2.26. The molecular formula is C19H23NO. The molecule has 110 valence electrons. The van der Waals surface area contributed by atoms with Gasteiger partial charge in [0.15, 0.2) is 0 Å². The summed E-state index contributed by atoms with van der Waals surface area (Å²) in [6.45, 7) is 4.86. The molecule has 2 aromatic carbocycles. The highest BCUT2D eigenvalue weighted by Gasteiger charge is 2.05. The summed E-state index contributed by atoms with van der Waals surface area (Å²) < 4.78 is 5.16. The van der Waals surface area contributed by atoms with Gasteiger partial charge < -0.3 is 10.1 Å². The lowest BCUT2D eigenvalue weighted by Crippen LogP contribution is -2.13. The summed E-state index contributed by atoms with van der Waals surface area (Å²) in [4.78, 5) is 0. The first-order valence-electron chi connectivity index (χ1n) is 7.36. The molecule has 2 aromatic rings. The lowest BCUT2D eigenvalue weighted by molar-refractivity contribution is 0.415. The smallest absolute Gasteiger partial charge is 0.119 e. The highest BCUT2D eigenvalue weighted by Crippen LogP contribution is 2.17. The first-order valence-corrected chi connectivity index (χ1v) is 7.36. The highest BCUT2D eigenvalue weighted by atomic mass is 16.5. The van der Waals surface area contributed by atoms with E-state index in [-0.39, 0.29) is 0 Å². The summed E-state index contributed by atoms with van der Waals surface area (Å²) >= 11 is 0. The third-order valence-electron chi connectivity index (χ3n) is 3.64. The molecule has 0 aliphatic rings. The zero-order valence-electron chi connectivity index (χ0n) is 12.6. The molecule has 2 heteroatoms. The van der Waals surface area contributed by atoms with Crippen LogP contribution in [0.2, 0.25) is 0 Å². The maximum Gasteiger partial charge on any atom is 0.119 e. The summed E-state index contributed by atoms with van der Waals surface area (Å²) in [7, 11) is 1.68. The SMILES string of the molecule is C=CC(CCc1ccccc1)CNc1ccc(OC)cc1. The van der Waals surface area contributed by atoms with E-state index in [1.807, 2.05) is 30.3 Å². The summed E-state index contributed by atoms with van der Waals surface area (Å²) in [6.07, 6.45) is 4.23. The van der Waals surface area contributed by atoms with Gasteiger partial charge in [-0.2, -0.15) is 0 Å². The van der Waals surface area contributed by atoms with Crippen molar-refractivity contribution in [3.05, 3.63) is 72.8 Å². The fourth-order valence-electron chi connectivity index (χ4n) is 2.26. The van der Waals surface area contributed by atoms with Gasteiger partial charge in [-0.05, 0) is 48.6 Å². The Labute approximate surface area is 127 Å². The number of methoxy groups -OCH3 is 1. The van der Waals surface area contributed by atoms with E-state index in [0.29, 0.717) is 5.92 Å². The summed E-state index contributed by atoms with van der Waals surface area (Å²) in [6, 6.07) is 18.6. The van der Waals surface area contributed by atoms with Crippen LogP contribution in [-0.2, 0) is 6.42 Å². The Morgan fingerprint density at radius 2 is 1.81 bits per heavy atom. The van der Waals surface area contributed by atoms with E-state index in [4.69, 9.17) is 4.74 Å². The standard InChI is InChI=1S/C19H23NO/c1-3-16(9-10-17-7-5-4-6-8-17)15-20-18-11-13-19(21-2)14-12-18/h3-8,11-14,16,20H,1,9-10,15H2,2H3. The number of hydrogen-bond acceptors (Lipinski definition) is 2. The molecule has 1 N–H and O–H groups in total. The Hall–Kier alpha value is -2.22. The monoisotopic (exact) mass is 281 g/mol. The van der Waals surface area contributed by atoms with Gasteiger partial charge in [0.1, 0.15) is 5.75 Å². The summed E-state index contributed by atoms with van der Waals surface area (Å²) in [5.41, 5.74) is 2.50. The van der Waals surface area contributed by atoms with Crippen molar-refractivity contribution in [3.63, 3.8) is 0 Å². The van der Waals surface area contributed by atoms with Crippen molar-refractivity contribution in [1.82, 2.24) is 0 Å². The highest BCUT2D eigenvalue weighted by molar-refractivity contribution is 5.46. The molecule has 0 heterocycles. The number of nitrogens with one attached hydrogen (secondary N) is 1. The molecule has 0 aliphatic heterocycles. The van der Waals surface area contributed by atoms with Crippen LogP contribution in [-0.4, -0.2) is 13.7 Å². The van der Waals surface area contributed by atoms with Gasteiger partial charge in [-0.15, -0.1) is 6.58 Å². The minimum Gasteiger partial charge on any atom is -0.497 e. The van der Waals surface area contributed by atoms with Crippen LogP contribution in [0.1, 0.15) is 12.0 Å². The van der Waals surface area contributed by atoms with Gasteiger partial charge in [-0.1, -0.05) is 36.4 Å². The molecule has 0 saturated heterocycles. The Bertz CT molecular complexity index is 533. The van der Waals surface area contributed by atoms with Gasteiger partial charge in [0, 0.05) is 12.2 Å². The molecule has 0 spiro atoms. The van der Waals surface area contributed by atoms with E-state index in [1.165, 1.54) is 5.56 Å². The minimum absolute atomic E-state index is 0.465. The van der Waals surface area contributed by atoms with Gasteiger partial charge in [-0.3, -0.25) is 0 Å². The summed E-state index contributed by atoms with van der Waals surface area (Å²) in [5, 5.41) is 3.46. The van der Waals surface area contributed by atoms with Crippen molar-refractivity contribution >= 4 is 5.69 Å². The van der Waals surface area contributed by atoms with Crippen LogP contribution in [0.15, 0.2) is 67.3 Å². The van der Waals surface area contributed by atoms with Crippen molar-refractivity contribution in [2.45, 2.75) is 12.8 Å². The van der Waals surface area contributed by atoms with Crippen molar-refractivity contribution in [2.24, 2.45) is 5.92 Å². The molecule has 0 radical (unpaired) electrons. The number of hydrogen-bond donors (Lipinski definition) is 1. The largest absolute Gasteiger partial charge is 0.497 e. The Balaban J connectivity index is 1.80. The lowest BCUT2D eigenvalue weighted by atomic mass is 9.99. The molecule has 0 aliphatic carbocycles. The number of anilines is 1. The molecule has 0 fully saturated rings. The van der Waals surface area contributed by atoms with Gasteiger partial charge in [0.2, 0.25) is 0 Å². The maximum absolute atomic E-state index is 5.16. The quantitative estimate of drug-likeness (QED) is 0.717. The second-order valence-electron chi connectivity index (χ2n) is 5.13. The van der Waals surface area contributed by atoms with Crippen LogP contribution >= 0.6 is 0 Å². The Morgan fingerprint density at radius 1 is 1.10 bits per heavy atom. The zero-order valence-corrected chi connectivity index (χ0v) is 12.6. The van der Waals surface area contributed by atoms with Crippen LogP contribution in [0, 0.1) is 5.92 Å². The second-order valence-corrected chi connectivity index (χ2v) is 5.13. The third-order valence-corrected chi connectivity index (χ3v) is 3.64. The van der Waals surface area contributed by atoms with Crippen LogP contribution in [0.5, 0.6) is 5.75 Å². The fraction of sp³-hybridized carbons (Fsp3) is 0.263. The molecule has 21 heavy (non-hydrogen) atoms. The molecule has 2 rings (SSSR count). The van der Waals surface area contributed by atoms with Crippen LogP contribution in [0.3, 0.4) is 0 Å². The first-order chi connectivity index (χ1) is 10.3. The average Bonchev–Trinajstić information content (AvgIpc) is 2.56. The molecular weight excluding hydrogens is 258 g/mol. The van der Waals surface area contributed by atoms with Crippen molar-refractivity contribution in [2.75, 3.05) is 19.0 Å².